The number of hydrogen-bond donors (Lipinski definition) is 0. The van der Waals surface area contributed by atoms with Crippen molar-refractivity contribution in [1.29, 1.82) is 5.26 Å². The van der Waals surface area contributed by atoms with Gasteiger partial charge in [0.1, 0.15) is 5.41 Å². The van der Waals surface area contributed by atoms with Crippen LogP contribution in [0.3, 0.4) is 0 Å². The van der Waals surface area contributed by atoms with Crippen molar-refractivity contribution in [1.82, 2.24) is 4.98 Å². The standard InChI is InChI=1S/C11H10N2/c1-11(2,9-12)6-5-10-4-3-7-13-8-10/h3-4,7-8H,1-2H3. The molecule has 2 nitrogen and oxygen atoms in total. The Labute approximate surface area is 78.2 Å². The van der Waals surface area contributed by atoms with Gasteiger partial charge in [0.2, 0.25) is 0 Å². The van der Waals surface area contributed by atoms with E-state index in [-0.39, 0.29) is 0 Å². The van der Waals surface area contributed by atoms with E-state index in [1.807, 2.05) is 12.1 Å². The molecule has 0 aromatic carbocycles. The maximum atomic E-state index is 8.70. The van der Waals surface area contributed by atoms with E-state index >= 15 is 0 Å². The van der Waals surface area contributed by atoms with Crippen molar-refractivity contribution in [3.63, 3.8) is 0 Å². The molecule has 0 spiro atoms. The Balaban J connectivity index is 2.87. The van der Waals surface area contributed by atoms with Gasteiger partial charge in [0.25, 0.3) is 0 Å². The zero-order valence-corrected chi connectivity index (χ0v) is 7.70. The second kappa shape index (κ2) is 3.74. The highest BCUT2D eigenvalue weighted by Crippen LogP contribution is 2.10. The van der Waals surface area contributed by atoms with Gasteiger partial charge in [-0.25, -0.2) is 0 Å². The van der Waals surface area contributed by atoms with Crippen LogP contribution in [0, 0.1) is 28.6 Å². The highest BCUT2D eigenvalue weighted by Gasteiger charge is 2.10. The Kier molecular flexibility index (Phi) is 2.67. The molecule has 0 unspecified atom stereocenters. The summed E-state index contributed by atoms with van der Waals surface area (Å²) in [6, 6.07) is 5.81. The Morgan fingerprint density at radius 2 is 2.23 bits per heavy atom. The predicted molar refractivity (Wildman–Crippen MR) is 50.5 cm³/mol. The first-order chi connectivity index (χ1) is 6.14. The fourth-order valence-electron chi connectivity index (χ4n) is 0.693. The molecule has 0 fully saturated rings. The Bertz CT molecular complexity index is 374. The first-order valence-corrected chi connectivity index (χ1v) is 3.98. The van der Waals surface area contributed by atoms with Gasteiger partial charge in [0.05, 0.1) is 6.07 Å². The Hall–Kier alpha value is -1.80. The lowest BCUT2D eigenvalue weighted by atomic mass is 9.97. The summed E-state index contributed by atoms with van der Waals surface area (Å²) in [5.41, 5.74) is 0.251. The van der Waals surface area contributed by atoms with E-state index in [4.69, 9.17) is 5.26 Å². The van der Waals surface area contributed by atoms with Crippen molar-refractivity contribution in [3.8, 4) is 17.9 Å². The second-order valence-electron chi connectivity index (χ2n) is 3.23. The van der Waals surface area contributed by atoms with Gasteiger partial charge in [-0.2, -0.15) is 5.26 Å². The van der Waals surface area contributed by atoms with Crippen LogP contribution in [-0.4, -0.2) is 4.98 Å². The van der Waals surface area contributed by atoms with E-state index < -0.39 is 5.41 Å². The maximum absolute atomic E-state index is 8.70. The minimum Gasteiger partial charge on any atom is -0.263 e. The summed E-state index contributed by atoms with van der Waals surface area (Å²) in [5, 5.41) is 8.70. The molecule has 1 heterocycles. The molecule has 0 saturated carbocycles. The molecule has 13 heavy (non-hydrogen) atoms. The second-order valence-corrected chi connectivity index (χ2v) is 3.23. The van der Waals surface area contributed by atoms with Crippen LogP contribution in [0.25, 0.3) is 0 Å². The van der Waals surface area contributed by atoms with Gasteiger partial charge < -0.3 is 0 Å². The third-order valence-corrected chi connectivity index (χ3v) is 1.46. The third kappa shape index (κ3) is 2.97. The topological polar surface area (TPSA) is 36.7 Å². The first kappa shape index (κ1) is 9.29. The molecule has 1 aromatic rings. The van der Waals surface area contributed by atoms with Crippen molar-refractivity contribution < 1.29 is 0 Å². The van der Waals surface area contributed by atoms with E-state index in [0.717, 1.165) is 5.56 Å². The molecular weight excluding hydrogens is 160 g/mol. The quantitative estimate of drug-likeness (QED) is 0.558. The van der Waals surface area contributed by atoms with E-state index in [1.54, 1.807) is 26.2 Å². The molecule has 0 radical (unpaired) electrons. The largest absolute Gasteiger partial charge is 0.263 e. The minimum atomic E-state index is -0.587. The number of nitriles is 1. The molecular formula is C11H10N2. The molecule has 2 heteroatoms. The van der Waals surface area contributed by atoms with Crippen molar-refractivity contribution in [2.75, 3.05) is 0 Å². The molecule has 64 valence electrons. The van der Waals surface area contributed by atoms with Gasteiger partial charge in [-0.15, -0.1) is 0 Å². The lowest BCUT2D eigenvalue weighted by molar-refractivity contribution is 0.674. The molecule has 0 bridgehead atoms. The van der Waals surface area contributed by atoms with Crippen LogP contribution in [0.4, 0.5) is 0 Å². The third-order valence-electron chi connectivity index (χ3n) is 1.46. The summed E-state index contributed by atoms with van der Waals surface area (Å²) >= 11 is 0. The van der Waals surface area contributed by atoms with E-state index in [2.05, 4.69) is 22.9 Å². The fraction of sp³-hybridized carbons (Fsp3) is 0.273. The molecule has 0 N–H and O–H groups in total. The monoisotopic (exact) mass is 170 g/mol. The van der Waals surface area contributed by atoms with Crippen molar-refractivity contribution in [2.24, 2.45) is 5.41 Å². The van der Waals surface area contributed by atoms with E-state index in [9.17, 15) is 0 Å². The van der Waals surface area contributed by atoms with Crippen LogP contribution in [0.2, 0.25) is 0 Å². The fourth-order valence-corrected chi connectivity index (χ4v) is 0.693. The van der Waals surface area contributed by atoms with Crippen LogP contribution in [-0.2, 0) is 0 Å². The number of pyridine rings is 1. The lowest BCUT2D eigenvalue weighted by Gasteiger charge is -2.02. The molecule has 0 aliphatic carbocycles. The predicted octanol–water partition coefficient (Wildman–Crippen LogP) is 1.98. The number of nitrogens with zero attached hydrogens (tertiary/aromatic N) is 2. The van der Waals surface area contributed by atoms with Gasteiger partial charge in [-0.05, 0) is 26.0 Å². The van der Waals surface area contributed by atoms with Gasteiger partial charge >= 0.3 is 0 Å². The Morgan fingerprint density at radius 1 is 1.46 bits per heavy atom. The first-order valence-electron chi connectivity index (χ1n) is 3.98. The average molecular weight is 170 g/mol. The normalized spacial score (nSPS) is 9.62. The molecule has 0 aliphatic heterocycles. The molecule has 0 aliphatic rings. The molecule has 0 amide bonds. The van der Waals surface area contributed by atoms with Crippen LogP contribution < -0.4 is 0 Å². The number of rotatable bonds is 0. The van der Waals surface area contributed by atoms with Crippen molar-refractivity contribution >= 4 is 0 Å². The van der Waals surface area contributed by atoms with Crippen LogP contribution >= 0.6 is 0 Å². The van der Waals surface area contributed by atoms with Gasteiger partial charge in [-0.1, -0.05) is 11.8 Å². The van der Waals surface area contributed by atoms with Gasteiger partial charge in [-0.3, -0.25) is 4.98 Å². The highest BCUT2D eigenvalue weighted by atomic mass is 14.6. The molecule has 0 atom stereocenters. The summed E-state index contributed by atoms with van der Waals surface area (Å²) < 4.78 is 0. The Morgan fingerprint density at radius 3 is 2.77 bits per heavy atom. The van der Waals surface area contributed by atoms with E-state index in [0.29, 0.717) is 0 Å². The van der Waals surface area contributed by atoms with Gasteiger partial charge in [0.15, 0.2) is 0 Å². The van der Waals surface area contributed by atoms with Crippen LogP contribution in [0.1, 0.15) is 19.4 Å². The zero-order valence-electron chi connectivity index (χ0n) is 7.70. The number of hydrogen-bond acceptors (Lipinski definition) is 2. The SMILES string of the molecule is CC(C)(C#N)C#Cc1cccnc1. The smallest absolute Gasteiger partial charge is 0.112 e. The van der Waals surface area contributed by atoms with Crippen LogP contribution in [0.15, 0.2) is 24.5 Å². The summed E-state index contributed by atoms with van der Waals surface area (Å²) in [6.07, 6.45) is 3.38. The molecule has 1 aromatic heterocycles. The van der Waals surface area contributed by atoms with Gasteiger partial charge in [0, 0.05) is 18.0 Å². The maximum Gasteiger partial charge on any atom is 0.112 e. The zero-order chi connectivity index (χ0) is 9.73. The summed E-state index contributed by atoms with van der Waals surface area (Å²) in [7, 11) is 0. The molecule has 1 rings (SSSR count). The van der Waals surface area contributed by atoms with Crippen molar-refractivity contribution in [3.05, 3.63) is 30.1 Å². The van der Waals surface area contributed by atoms with E-state index in [1.165, 1.54) is 0 Å². The van der Waals surface area contributed by atoms with Crippen molar-refractivity contribution in [2.45, 2.75) is 13.8 Å². The number of aromatic nitrogens is 1. The minimum absolute atomic E-state index is 0.587. The summed E-state index contributed by atoms with van der Waals surface area (Å²) in [6.45, 7) is 3.58. The summed E-state index contributed by atoms with van der Waals surface area (Å²) in [5.74, 6) is 5.77. The lowest BCUT2D eigenvalue weighted by Crippen LogP contribution is -2.02. The van der Waals surface area contributed by atoms with Crippen LogP contribution in [0.5, 0.6) is 0 Å². The highest BCUT2D eigenvalue weighted by molar-refractivity contribution is 5.34. The summed E-state index contributed by atoms with van der Waals surface area (Å²) in [4.78, 5) is 3.93. The average Bonchev–Trinajstić information content (AvgIpc) is 2.17. The molecule has 0 saturated heterocycles.